The molecule has 0 saturated heterocycles. The van der Waals surface area contributed by atoms with Crippen molar-refractivity contribution in [3.05, 3.63) is 146 Å². The normalized spacial score (nSPS) is 13.0. The Morgan fingerprint density at radius 1 is 0.439 bits per heavy atom. The van der Waals surface area contributed by atoms with Gasteiger partial charge in [0, 0.05) is 0 Å². The van der Waals surface area contributed by atoms with Crippen LogP contribution in [0.3, 0.4) is 0 Å². The van der Waals surface area contributed by atoms with E-state index in [0.717, 1.165) is 26.2 Å². The van der Waals surface area contributed by atoms with Gasteiger partial charge in [-0.05, 0) is 179 Å². The van der Waals surface area contributed by atoms with E-state index in [1.807, 2.05) is 117 Å². The topological polar surface area (TPSA) is 309 Å². The molecule has 0 bridgehead atoms. The molecular weight excluding hydrogens is 1390 g/mol. The summed E-state index contributed by atoms with van der Waals surface area (Å²) in [7, 11) is -12.8. The smallest absolute Gasteiger partial charge is 0.514 e. The maximum Gasteiger partial charge on any atom is 0.514 e. The van der Waals surface area contributed by atoms with Crippen molar-refractivity contribution in [2.75, 3.05) is 33.2 Å². The van der Waals surface area contributed by atoms with Gasteiger partial charge in [0.25, 0.3) is 0 Å². The summed E-state index contributed by atoms with van der Waals surface area (Å²) in [4.78, 5) is 77.7. The van der Waals surface area contributed by atoms with Crippen LogP contribution < -0.4 is 14.2 Å². The van der Waals surface area contributed by atoms with Crippen LogP contribution in [0.25, 0.3) is 0 Å². The predicted molar refractivity (Wildman–Crippen MR) is 348 cm³/mol. The number of rotatable bonds is 20. The molecule has 0 unspecified atom stereocenters. The number of halogens is 4. The first kappa shape index (κ1) is 80.6. The van der Waals surface area contributed by atoms with Crippen molar-refractivity contribution in [1.29, 1.82) is 0 Å². The highest BCUT2D eigenvalue weighted by molar-refractivity contribution is 8.04. The predicted octanol–water partition coefficient (Wildman–Crippen LogP) is 14.0. The second-order valence-electron chi connectivity index (χ2n) is 23.9. The Balaban J connectivity index is 0.000000241. The molecule has 8 rings (SSSR count). The molecule has 0 aromatic heterocycles. The Labute approximate surface area is 575 Å². The highest BCUT2D eigenvalue weighted by Crippen LogP contribution is 2.49. The first-order valence-electron chi connectivity index (χ1n) is 29.7. The molecule has 98 heavy (non-hydrogen) atoms. The van der Waals surface area contributed by atoms with Gasteiger partial charge in [0.1, 0.15) is 70.9 Å². The van der Waals surface area contributed by atoms with Gasteiger partial charge in [0.2, 0.25) is 16.6 Å². The van der Waals surface area contributed by atoms with Gasteiger partial charge in [0.05, 0.1) is 20.6 Å². The SMILES string of the molecule is CC(C)(C)OC(=O)OCOc1ccc([S+]2c3ccccc3Oc3ccccc32)cc1.CC(C)(C)OC(=O)Oc1ccc([S+]2c3ccccc3Sc3ccccc32)cc1.CCC(C)(C)C(=O)OCCOC(=O)C(F)(F)S(=O)(=O)[O-].CCC(C)(C)C(=O)OCCOC(=O)C(F)(F)S(=O)(=O)[O-]. The Morgan fingerprint density at radius 3 is 1.13 bits per heavy atom. The maximum atomic E-state index is 12.7. The Morgan fingerprint density at radius 2 is 0.765 bits per heavy atom. The van der Waals surface area contributed by atoms with Gasteiger partial charge in [-0.1, -0.05) is 74.1 Å². The number of hydrogen-bond acceptors (Lipinski definition) is 23. The summed E-state index contributed by atoms with van der Waals surface area (Å²) in [6, 6.07) is 48.9. The summed E-state index contributed by atoms with van der Waals surface area (Å²) in [6.45, 7) is 17.8. The van der Waals surface area contributed by atoms with Crippen LogP contribution >= 0.6 is 11.8 Å². The lowest BCUT2D eigenvalue weighted by Gasteiger charge is -2.21. The zero-order chi connectivity index (χ0) is 73.2. The minimum Gasteiger partial charge on any atom is -0.743 e. The number of carbonyl (C=O) groups excluding carboxylic acids is 6. The van der Waals surface area contributed by atoms with Gasteiger partial charge < -0.3 is 56.5 Å². The molecule has 0 amide bonds. The van der Waals surface area contributed by atoms with Gasteiger partial charge in [-0.2, -0.15) is 17.6 Å². The van der Waals surface area contributed by atoms with Crippen molar-refractivity contribution in [2.45, 2.75) is 157 Å². The van der Waals surface area contributed by atoms with E-state index in [4.69, 9.17) is 28.4 Å². The first-order valence-corrected chi connectivity index (χ1v) is 35.8. The standard InChI is InChI=1S/C24H23O5S.C23H21O3S2.2C10H16F2O7S/c1-24(2,3)29-23(25)27-16-26-17-12-14-18(15-13-17)30-21-10-6-4-8-19(21)28-20-9-5-7-11-22(20)30;1-23(2,3)26-22(24)25-16-12-14-17(15-13-16)28-20-10-6-4-8-18(20)27-19-9-5-7-11-21(19)28;2*1-4-9(2,3)7(13)18-5-6-19-8(14)10(11,12)20(15,16)17/h4-15H,16H2,1-3H3;4-15H,1-3H3;2*4-6H2,1-3H3,(H,15,16,17)/q2*+1;;/p-2. The van der Waals surface area contributed by atoms with Crippen molar-refractivity contribution in [3.8, 4) is 23.0 Å². The van der Waals surface area contributed by atoms with Gasteiger partial charge >= 0.3 is 46.7 Å². The molecule has 0 atom stereocenters. The number of fused-ring (bicyclic) bond motifs is 4. The van der Waals surface area contributed by atoms with E-state index in [1.165, 1.54) is 24.5 Å². The summed E-state index contributed by atoms with van der Waals surface area (Å²) in [5.74, 6) is -3.40. The number of ether oxygens (including phenoxy) is 10. The van der Waals surface area contributed by atoms with Crippen molar-refractivity contribution < 1.29 is 120 Å². The van der Waals surface area contributed by atoms with E-state index >= 15 is 0 Å². The number of benzene rings is 6. The van der Waals surface area contributed by atoms with Crippen molar-refractivity contribution in [3.63, 3.8) is 0 Å². The van der Waals surface area contributed by atoms with E-state index < -0.39 is 115 Å². The molecule has 6 aromatic carbocycles. The van der Waals surface area contributed by atoms with E-state index in [9.17, 15) is 72.3 Å². The Hall–Kier alpha value is -8.07. The second kappa shape index (κ2) is 34.1. The molecule has 0 saturated carbocycles. The van der Waals surface area contributed by atoms with Crippen LogP contribution in [0.15, 0.2) is 185 Å². The maximum absolute atomic E-state index is 12.7. The quantitative estimate of drug-likeness (QED) is 0.01000. The van der Waals surface area contributed by atoms with Crippen molar-refractivity contribution in [2.24, 2.45) is 10.8 Å². The number of hydrogen-bond donors (Lipinski definition) is 0. The van der Waals surface area contributed by atoms with Gasteiger partial charge in [0.15, 0.2) is 51.3 Å². The third kappa shape index (κ3) is 23.0. The zero-order valence-electron chi connectivity index (χ0n) is 55.3. The Bertz CT molecular complexity index is 3810. The summed E-state index contributed by atoms with van der Waals surface area (Å²) < 4.78 is 161. The number of esters is 4. The lowest BCUT2D eigenvalue weighted by molar-refractivity contribution is -0.167. The fourth-order valence-corrected chi connectivity index (χ4v) is 14.0. The lowest BCUT2D eigenvalue weighted by atomic mass is 9.91. The lowest BCUT2D eigenvalue weighted by Crippen LogP contribution is -2.39. The average molecular weight is 1470 g/mol. The molecule has 0 radical (unpaired) electrons. The molecule has 2 aliphatic heterocycles. The number of para-hydroxylation sites is 2. The van der Waals surface area contributed by atoms with Gasteiger partial charge in [-0.25, -0.2) is 36.0 Å². The first-order chi connectivity index (χ1) is 45.5. The highest BCUT2D eigenvalue weighted by Gasteiger charge is 2.50. The van der Waals surface area contributed by atoms with Crippen LogP contribution in [-0.2, 0) is 94.4 Å². The zero-order valence-corrected chi connectivity index (χ0v) is 59.4. The van der Waals surface area contributed by atoms with Crippen LogP contribution in [0, 0.1) is 10.8 Å². The summed E-state index contributed by atoms with van der Waals surface area (Å²) in [6.07, 6.45) is -0.501. The molecular formula is C67H74F4O22S5. The molecule has 0 spiro atoms. The minimum atomic E-state index is -6.15. The number of carbonyl (C=O) groups is 6. The molecule has 2 aliphatic rings. The molecule has 0 N–H and O–H groups in total. The molecule has 31 heteroatoms. The summed E-state index contributed by atoms with van der Waals surface area (Å²) in [5.41, 5.74) is -2.75. The molecule has 6 aromatic rings. The molecule has 0 fully saturated rings. The number of alkyl halides is 4. The summed E-state index contributed by atoms with van der Waals surface area (Å²) >= 11 is 1.82. The van der Waals surface area contributed by atoms with Crippen molar-refractivity contribution in [1.82, 2.24) is 0 Å². The van der Waals surface area contributed by atoms with E-state index in [2.05, 4.69) is 79.6 Å². The van der Waals surface area contributed by atoms with Gasteiger partial charge in [-0.15, -0.1) is 0 Å². The highest BCUT2D eigenvalue weighted by atomic mass is 32.2. The molecule has 22 nitrogen and oxygen atoms in total. The second-order valence-corrected chi connectivity index (χ2v) is 31.8. The van der Waals surface area contributed by atoms with Crippen LogP contribution in [0.2, 0.25) is 0 Å². The fourth-order valence-electron chi connectivity index (χ4n) is 7.49. The third-order valence-electron chi connectivity index (χ3n) is 13.3. The van der Waals surface area contributed by atoms with Gasteiger partial charge in [-0.3, -0.25) is 9.59 Å². The largest absolute Gasteiger partial charge is 0.743 e. The fraction of sp³-hybridized carbons (Fsp3) is 0.373. The minimum absolute atomic E-state index is 0.187. The molecule has 2 heterocycles. The van der Waals surface area contributed by atoms with E-state index in [0.29, 0.717) is 24.3 Å². The van der Waals surface area contributed by atoms with Crippen LogP contribution in [0.4, 0.5) is 27.2 Å². The van der Waals surface area contributed by atoms with E-state index in [1.54, 1.807) is 62.3 Å². The Kier molecular flexibility index (Phi) is 28.1. The summed E-state index contributed by atoms with van der Waals surface area (Å²) in [5, 5.41) is -10.3. The third-order valence-corrected chi connectivity index (χ3v) is 20.9. The van der Waals surface area contributed by atoms with Crippen LogP contribution in [0.5, 0.6) is 23.0 Å². The van der Waals surface area contributed by atoms with Crippen LogP contribution in [-0.4, -0.2) is 117 Å². The molecule has 0 aliphatic carbocycles. The molecule has 532 valence electrons. The average Bonchev–Trinajstić information content (AvgIpc) is 0.771. The van der Waals surface area contributed by atoms with Crippen LogP contribution in [0.1, 0.15) is 95.9 Å². The van der Waals surface area contributed by atoms with E-state index in [-0.39, 0.29) is 28.6 Å². The van der Waals surface area contributed by atoms with Crippen molar-refractivity contribution >= 4 is 90.0 Å². The monoisotopic (exact) mass is 1470 g/mol.